The zero-order valence-corrected chi connectivity index (χ0v) is 8.00. The molecule has 0 saturated carbocycles. The maximum atomic E-state index is 11.3. The highest BCUT2D eigenvalue weighted by molar-refractivity contribution is 5.00. The number of hydrogen-bond acceptors (Lipinski definition) is 2. The monoisotopic (exact) mass is 169 g/mol. The summed E-state index contributed by atoms with van der Waals surface area (Å²) >= 11 is 0. The molecule has 0 bridgehead atoms. The van der Waals surface area contributed by atoms with Gasteiger partial charge in [-0.15, -0.1) is 0 Å². The molecule has 0 atom stereocenters. The van der Waals surface area contributed by atoms with Gasteiger partial charge in [0.25, 0.3) is 5.56 Å². The molecule has 0 N–H and O–H groups in total. The van der Waals surface area contributed by atoms with Gasteiger partial charge in [0.2, 0.25) is 0 Å². The van der Waals surface area contributed by atoms with Crippen molar-refractivity contribution in [1.82, 2.24) is 4.74 Å². The van der Waals surface area contributed by atoms with Crippen LogP contribution >= 0.6 is 0 Å². The van der Waals surface area contributed by atoms with Crippen LogP contribution in [0.5, 0.6) is 0 Å². The van der Waals surface area contributed by atoms with Crippen molar-refractivity contribution in [2.75, 3.05) is 0 Å². The minimum Gasteiger partial charge on any atom is -0.380 e. The van der Waals surface area contributed by atoms with Crippen molar-refractivity contribution in [1.29, 1.82) is 0 Å². The first-order valence-corrected chi connectivity index (χ1v) is 4.25. The molecular formula is C9H15NO2. The van der Waals surface area contributed by atoms with Crippen LogP contribution in [-0.2, 0) is 0 Å². The highest BCUT2D eigenvalue weighted by atomic mass is 16.5. The third-order valence-electron chi connectivity index (χ3n) is 1.72. The van der Waals surface area contributed by atoms with E-state index < -0.39 is 0 Å². The quantitative estimate of drug-likeness (QED) is 0.680. The SMILES string of the molecule is CC(C)c1cc(=O)n(C(C)C)o1. The Labute approximate surface area is 72.0 Å². The molecule has 0 amide bonds. The molecule has 0 aliphatic carbocycles. The van der Waals surface area contributed by atoms with Crippen molar-refractivity contribution < 1.29 is 4.52 Å². The number of aromatic nitrogens is 1. The Balaban J connectivity index is 3.09. The van der Waals surface area contributed by atoms with E-state index in [1.807, 2.05) is 27.7 Å². The van der Waals surface area contributed by atoms with Crippen molar-refractivity contribution in [3.8, 4) is 0 Å². The molecule has 68 valence electrons. The second-order valence-corrected chi connectivity index (χ2v) is 3.55. The van der Waals surface area contributed by atoms with Crippen LogP contribution in [0.15, 0.2) is 15.4 Å². The van der Waals surface area contributed by atoms with Crippen molar-refractivity contribution in [2.24, 2.45) is 0 Å². The van der Waals surface area contributed by atoms with E-state index in [-0.39, 0.29) is 17.5 Å². The lowest BCUT2D eigenvalue weighted by molar-refractivity contribution is 0.211. The lowest BCUT2D eigenvalue weighted by Crippen LogP contribution is -2.14. The van der Waals surface area contributed by atoms with Crippen LogP contribution in [0.2, 0.25) is 0 Å². The Hall–Kier alpha value is -0.990. The Kier molecular flexibility index (Phi) is 2.40. The molecule has 1 heterocycles. The van der Waals surface area contributed by atoms with Gasteiger partial charge in [-0.05, 0) is 13.8 Å². The summed E-state index contributed by atoms with van der Waals surface area (Å²) in [5.74, 6) is 1.03. The summed E-state index contributed by atoms with van der Waals surface area (Å²) in [5, 5.41) is 0. The van der Waals surface area contributed by atoms with Crippen LogP contribution in [0, 0.1) is 0 Å². The zero-order chi connectivity index (χ0) is 9.30. The van der Waals surface area contributed by atoms with Gasteiger partial charge in [0.1, 0.15) is 5.76 Å². The average molecular weight is 169 g/mol. The lowest BCUT2D eigenvalue weighted by atomic mass is 10.2. The van der Waals surface area contributed by atoms with E-state index in [1.165, 1.54) is 4.74 Å². The summed E-state index contributed by atoms with van der Waals surface area (Å²) in [7, 11) is 0. The number of hydrogen-bond donors (Lipinski definition) is 0. The lowest BCUT2D eigenvalue weighted by Gasteiger charge is -2.03. The summed E-state index contributed by atoms with van der Waals surface area (Å²) < 4.78 is 6.74. The summed E-state index contributed by atoms with van der Waals surface area (Å²) in [6.07, 6.45) is 0. The van der Waals surface area contributed by atoms with Gasteiger partial charge in [0, 0.05) is 12.0 Å². The molecule has 0 saturated heterocycles. The topological polar surface area (TPSA) is 35.1 Å². The summed E-state index contributed by atoms with van der Waals surface area (Å²) in [6.45, 7) is 7.86. The molecule has 0 aliphatic heterocycles. The van der Waals surface area contributed by atoms with E-state index in [4.69, 9.17) is 4.52 Å². The standard InChI is InChI=1S/C9H15NO2/c1-6(2)8-5-9(11)10(12-8)7(3)4/h5-7H,1-4H3. The Bertz CT molecular complexity index is 307. The van der Waals surface area contributed by atoms with Crippen LogP contribution in [-0.4, -0.2) is 4.74 Å². The van der Waals surface area contributed by atoms with Crippen molar-refractivity contribution in [2.45, 2.75) is 39.7 Å². The molecule has 1 aromatic heterocycles. The fourth-order valence-corrected chi connectivity index (χ4v) is 1.00. The van der Waals surface area contributed by atoms with Crippen LogP contribution in [0.3, 0.4) is 0 Å². The first-order valence-electron chi connectivity index (χ1n) is 4.25. The van der Waals surface area contributed by atoms with Crippen LogP contribution in [0.25, 0.3) is 0 Å². The summed E-state index contributed by atoms with van der Waals surface area (Å²) in [4.78, 5) is 11.3. The Morgan fingerprint density at radius 1 is 1.33 bits per heavy atom. The van der Waals surface area contributed by atoms with Gasteiger partial charge >= 0.3 is 0 Å². The molecule has 0 radical (unpaired) electrons. The van der Waals surface area contributed by atoms with Gasteiger partial charge in [0.15, 0.2) is 0 Å². The minimum atomic E-state index is -0.0475. The predicted molar refractivity (Wildman–Crippen MR) is 47.4 cm³/mol. The first-order chi connectivity index (χ1) is 5.52. The molecule has 1 aromatic rings. The molecule has 3 heteroatoms. The predicted octanol–water partition coefficient (Wildman–Crippen LogP) is 2.15. The van der Waals surface area contributed by atoms with E-state index in [9.17, 15) is 4.79 Å². The van der Waals surface area contributed by atoms with E-state index >= 15 is 0 Å². The van der Waals surface area contributed by atoms with Crippen LogP contribution in [0.4, 0.5) is 0 Å². The van der Waals surface area contributed by atoms with Crippen molar-refractivity contribution in [3.05, 3.63) is 22.2 Å². The molecule has 1 rings (SSSR count). The van der Waals surface area contributed by atoms with Gasteiger partial charge in [-0.2, -0.15) is 4.74 Å². The maximum absolute atomic E-state index is 11.3. The molecule has 0 unspecified atom stereocenters. The van der Waals surface area contributed by atoms with E-state index in [0.29, 0.717) is 0 Å². The third-order valence-corrected chi connectivity index (χ3v) is 1.72. The molecule has 12 heavy (non-hydrogen) atoms. The summed E-state index contributed by atoms with van der Waals surface area (Å²) in [5.41, 5.74) is -0.0475. The van der Waals surface area contributed by atoms with E-state index in [0.717, 1.165) is 5.76 Å². The number of rotatable bonds is 2. The zero-order valence-electron chi connectivity index (χ0n) is 8.00. The fourth-order valence-electron chi connectivity index (χ4n) is 1.00. The normalized spacial score (nSPS) is 11.5. The largest absolute Gasteiger partial charge is 0.380 e. The third kappa shape index (κ3) is 1.60. The average Bonchev–Trinajstić information content (AvgIpc) is 2.30. The molecule has 3 nitrogen and oxygen atoms in total. The maximum Gasteiger partial charge on any atom is 0.282 e. The molecule has 0 spiro atoms. The van der Waals surface area contributed by atoms with Gasteiger partial charge in [-0.25, -0.2) is 0 Å². The first kappa shape index (κ1) is 9.10. The Morgan fingerprint density at radius 3 is 2.17 bits per heavy atom. The summed E-state index contributed by atoms with van der Waals surface area (Å²) in [6, 6.07) is 1.66. The van der Waals surface area contributed by atoms with Crippen molar-refractivity contribution >= 4 is 0 Å². The molecule has 0 aliphatic rings. The van der Waals surface area contributed by atoms with Gasteiger partial charge in [-0.3, -0.25) is 4.79 Å². The van der Waals surface area contributed by atoms with E-state index in [2.05, 4.69) is 0 Å². The highest BCUT2D eigenvalue weighted by Gasteiger charge is 2.10. The Morgan fingerprint density at radius 2 is 1.92 bits per heavy atom. The number of nitrogens with zero attached hydrogens (tertiary/aromatic N) is 1. The van der Waals surface area contributed by atoms with Gasteiger partial charge in [-0.1, -0.05) is 13.8 Å². The van der Waals surface area contributed by atoms with Crippen LogP contribution < -0.4 is 5.56 Å². The second-order valence-electron chi connectivity index (χ2n) is 3.55. The van der Waals surface area contributed by atoms with E-state index in [1.54, 1.807) is 6.07 Å². The smallest absolute Gasteiger partial charge is 0.282 e. The second kappa shape index (κ2) is 3.17. The molecule has 0 aromatic carbocycles. The van der Waals surface area contributed by atoms with Gasteiger partial charge < -0.3 is 4.52 Å². The molecular weight excluding hydrogens is 154 g/mol. The highest BCUT2D eigenvalue weighted by Crippen LogP contribution is 2.13. The van der Waals surface area contributed by atoms with Crippen LogP contribution in [0.1, 0.15) is 45.4 Å². The molecule has 0 fully saturated rings. The minimum absolute atomic E-state index is 0.0475. The fraction of sp³-hybridized carbons (Fsp3) is 0.667. The van der Waals surface area contributed by atoms with Crippen molar-refractivity contribution in [3.63, 3.8) is 0 Å². The van der Waals surface area contributed by atoms with Gasteiger partial charge in [0.05, 0.1) is 6.04 Å².